The summed E-state index contributed by atoms with van der Waals surface area (Å²) in [6.45, 7) is 4.52. The molecule has 0 bridgehead atoms. The number of benzene rings is 1. The minimum absolute atomic E-state index is 0.442. The average Bonchev–Trinajstić information content (AvgIpc) is 2.81. The lowest BCUT2D eigenvalue weighted by molar-refractivity contribution is 0.150. The van der Waals surface area contributed by atoms with Crippen LogP contribution < -0.4 is 0 Å². The number of halogens is 1. The monoisotopic (exact) mass is 323 g/mol. The van der Waals surface area contributed by atoms with Gasteiger partial charge < -0.3 is 5.11 Å². The zero-order chi connectivity index (χ0) is 13.8. The summed E-state index contributed by atoms with van der Waals surface area (Å²) in [5, 5.41) is 14.7. The van der Waals surface area contributed by atoms with E-state index >= 15 is 0 Å². The fourth-order valence-electron chi connectivity index (χ4n) is 1.94. The average molecular weight is 324 g/mol. The van der Waals surface area contributed by atoms with E-state index in [-0.39, 0.29) is 0 Å². The number of nitrogens with zero attached hydrogens (tertiary/aromatic N) is 3. The van der Waals surface area contributed by atoms with Crippen LogP contribution in [0.2, 0.25) is 0 Å². The van der Waals surface area contributed by atoms with Gasteiger partial charge in [-0.1, -0.05) is 41.9 Å². The third kappa shape index (κ3) is 3.42. The maximum atomic E-state index is 10.3. The van der Waals surface area contributed by atoms with Crippen molar-refractivity contribution in [1.82, 2.24) is 14.8 Å². The van der Waals surface area contributed by atoms with Crippen LogP contribution in [0.3, 0.4) is 0 Å². The molecule has 0 saturated heterocycles. The normalized spacial score (nSPS) is 12.6. The van der Waals surface area contributed by atoms with Gasteiger partial charge in [0.15, 0.2) is 5.82 Å². The van der Waals surface area contributed by atoms with Gasteiger partial charge in [0.2, 0.25) is 0 Å². The Morgan fingerprint density at radius 1 is 1.21 bits per heavy atom. The van der Waals surface area contributed by atoms with Crippen LogP contribution in [0, 0.1) is 0 Å². The molecule has 1 heterocycles. The lowest BCUT2D eigenvalue weighted by Crippen LogP contribution is -2.12. The SMILES string of the molecule is CCc1nc(CC)n(CC(O)c2ccc(Br)cc2)n1. The first-order chi connectivity index (χ1) is 9.13. The topological polar surface area (TPSA) is 50.9 Å². The quantitative estimate of drug-likeness (QED) is 0.920. The second-order valence-corrected chi connectivity index (χ2v) is 5.32. The minimum Gasteiger partial charge on any atom is -0.386 e. The van der Waals surface area contributed by atoms with Crippen LogP contribution >= 0.6 is 15.9 Å². The third-order valence-electron chi connectivity index (χ3n) is 3.03. The van der Waals surface area contributed by atoms with Crippen LogP contribution in [0.4, 0.5) is 0 Å². The second-order valence-electron chi connectivity index (χ2n) is 4.40. The number of hydrogen-bond donors (Lipinski definition) is 1. The molecule has 0 saturated carbocycles. The molecule has 0 aliphatic heterocycles. The Kier molecular flexibility index (Phi) is 4.71. The van der Waals surface area contributed by atoms with Gasteiger partial charge in [0.05, 0.1) is 12.6 Å². The van der Waals surface area contributed by atoms with Gasteiger partial charge in [-0.2, -0.15) is 5.10 Å². The molecule has 4 nitrogen and oxygen atoms in total. The number of aliphatic hydroxyl groups excluding tert-OH is 1. The summed E-state index contributed by atoms with van der Waals surface area (Å²) >= 11 is 3.39. The molecule has 2 aromatic rings. The van der Waals surface area contributed by atoms with E-state index in [2.05, 4.69) is 26.0 Å². The summed E-state index contributed by atoms with van der Waals surface area (Å²) < 4.78 is 2.82. The Labute approximate surface area is 121 Å². The largest absolute Gasteiger partial charge is 0.386 e. The van der Waals surface area contributed by atoms with Gasteiger partial charge in [0, 0.05) is 17.3 Å². The summed E-state index contributed by atoms with van der Waals surface area (Å²) in [4.78, 5) is 4.44. The number of aromatic nitrogens is 3. The van der Waals surface area contributed by atoms with Crippen molar-refractivity contribution in [2.24, 2.45) is 0 Å². The van der Waals surface area contributed by atoms with Gasteiger partial charge in [0.1, 0.15) is 5.82 Å². The second kappa shape index (κ2) is 6.30. The van der Waals surface area contributed by atoms with Crippen molar-refractivity contribution in [3.8, 4) is 0 Å². The maximum Gasteiger partial charge on any atom is 0.150 e. The van der Waals surface area contributed by atoms with Crippen LogP contribution in [0.25, 0.3) is 0 Å². The van der Waals surface area contributed by atoms with Crippen LogP contribution in [-0.2, 0) is 19.4 Å². The number of hydrogen-bond acceptors (Lipinski definition) is 3. The van der Waals surface area contributed by atoms with E-state index in [4.69, 9.17) is 0 Å². The fourth-order valence-corrected chi connectivity index (χ4v) is 2.20. The van der Waals surface area contributed by atoms with Crippen LogP contribution in [0.1, 0.15) is 37.2 Å². The molecule has 0 aliphatic carbocycles. The highest BCUT2D eigenvalue weighted by molar-refractivity contribution is 9.10. The summed E-state index contributed by atoms with van der Waals surface area (Å²) in [5.41, 5.74) is 0.888. The summed E-state index contributed by atoms with van der Waals surface area (Å²) in [5.74, 6) is 1.76. The lowest BCUT2D eigenvalue weighted by atomic mass is 10.1. The number of aryl methyl sites for hydroxylation is 2. The van der Waals surface area contributed by atoms with Crippen LogP contribution in [0.5, 0.6) is 0 Å². The maximum absolute atomic E-state index is 10.3. The highest BCUT2D eigenvalue weighted by Crippen LogP contribution is 2.18. The van der Waals surface area contributed by atoms with Gasteiger partial charge in [-0.25, -0.2) is 9.67 Å². The first-order valence-corrected chi connectivity index (χ1v) is 7.29. The Morgan fingerprint density at radius 2 is 1.89 bits per heavy atom. The molecule has 0 aliphatic rings. The minimum atomic E-state index is -0.565. The molecule has 0 amide bonds. The first kappa shape index (κ1) is 14.2. The van der Waals surface area contributed by atoms with Gasteiger partial charge in [-0.15, -0.1) is 0 Å². The predicted octanol–water partition coefficient (Wildman–Crippen LogP) is 2.90. The molecule has 102 valence electrons. The van der Waals surface area contributed by atoms with E-state index in [1.165, 1.54) is 0 Å². The van der Waals surface area contributed by atoms with Gasteiger partial charge in [-0.05, 0) is 17.7 Å². The molecule has 1 atom stereocenters. The predicted molar refractivity (Wildman–Crippen MR) is 77.9 cm³/mol. The standard InChI is InChI=1S/C14H18BrN3O/c1-3-13-16-14(4-2)18(17-13)9-12(19)10-5-7-11(15)8-6-10/h5-8,12,19H,3-4,9H2,1-2H3. The summed E-state index contributed by atoms with van der Waals surface area (Å²) in [6, 6.07) is 7.69. The molecule has 1 N–H and O–H groups in total. The van der Waals surface area contributed by atoms with Gasteiger partial charge in [-0.3, -0.25) is 0 Å². The van der Waals surface area contributed by atoms with Crippen molar-refractivity contribution in [2.75, 3.05) is 0 Å². The molecule has 2 rings (SSSR count). The lowest BCUT2D eigenvalue weighted by Gasteiger charge is -2.12. The molecule has 0 radical (unpaired) electrons. The van der Waals surface area contributed by atoms with Crippen molar-refractivity contribution < 1.29 is 5.11 Å². The molecule has 1 unspecified atom stereocenters. The van der Waals surface area contributed by atoms with Crippen molar-refractivity contribution in [3.63, 3.8) is 0 Å². The summed E-state index contributed by atoms with van der Waals surface area (Å²) in [6.07, 6.45) is 1.07. The van der Waals surface area contributed by atoms with Crippen molar-refractivity contribution >= 4 is 15.9 Å². The zero-order valence-corrected chi connectivity index (χ0v) is 12.8. The molecule has 5 heteroatoms. The van der Waals surface area contributed by atoms with E-state index < -0.39 is 6.10 Å². The molecule has 0 fully saturated rings. The zero-order valence-electron chi connectivity index (χ0n) is 11.2. The smallest absolute Gasteiger partial charge is 0.150 e. The Balaban J connectivity index is 2.15. The van der Waals surface area contributed by atoms with Crippen LogP contribution in [-0.4, -0.2) is 19.9 Å². The highest BCUT2D eigenvalue weighted by Gasteiger charge is 2.13. The number of rotatable bonds is 5. The Hall–Kier alpha value is -1.20. The molecule has 19 heavy (non-hydrogen) atoms. The van der Waals surface area contributed by atoms with Crippen molar-refractivity contribution in [2.45, 2.75) is 39.3 Å². The van der Waals surface area contributed by atoms with E-state index in [0.29, 0.717) is 6.54 Å². The highest BCUT2D eigenvalue weighted by atomic mass is 79.9. The number of aliphatic hydroxyl groups is 1. The van der Waals surface area contributed by atoms with E-state index in [9.17, 15) is 5.11 Å². The molecule has 1 aromatic heterocycles. The molecular weight excluding hydrogens is 306 g/mol. The summed E-state index contributed by atoms with van der Waals surface area (Å²) in [7, 11) is 0. The Morgan fingerprint density at radius 3 is 2.47 bits per heavy atom. The first-order valence-electron chi connectivity index (χ1n) is 6.50. The Bertz CT molecular complexity index is 536. The van der Waals surface area contributed by atoms with Gasteiger partial charge in [0.25, 0.3) is 0 Å². The molecular formula is C14H18BrN3O. The van der Waals surface area contributed by atoms with Crippen molar-refractivity contribution in [3.05, 3.63) is 46.0 Å². The van der Waals surface area contributed by atoms with Crippen LogP contribution in [0.15, 0.2) is 28.7 Å². The van der Waals surface area contributed by atoms with Crippen molar-refractivity contribution in [1.29, 1.82) is 0 Å². The van der Waals surface area contributed by atoms with E-state index in [0.717, 1.165) is 34.5 Å². The fraction of sp³-hybridized carbons (Fsp3) is 0.429. The third-order valence-corrected chi connectivity index (χ3v) is 3.55. The van der Waals surface area contributed by atoms with E-state index in [1.807, 2.05) is 42.8 Å². The van der Waals surface area contributed by atoms with E-state index in [1.54, 1.807) is 0 Å². The van der Waals surface area contributed by atoms with Gasteiger partial charge >= 0.3 is 0 Å². The molecule has 1 aromatic carbocycles. The molecule has 0 spiro atoms.